The van der Waals surface area contributed by atoms with Gasteiger partial charge in [0.2, 0.25) is 5.91 Å². The van der Waals surface area contributed by atoms with E-state index in [1.165, 1.54) is 18.3 Å². The van der Waals surface area contributed by atoms with Crippen LogP contribution in [-0.4, -0.2) is 46.7 Å². The fourth-order valence-electron chi connectivity index (χ4n) is 4.84. The Bertz CT molecular complexity index is 1800. The second-order valence-corrected chi connectivity index (χ2v) is 17.0. The number of anilines is 3. The quantitative estimate of drug-likeness (QED) is 0.0899. The molecule has 45 heavy (non-hydrogen) atoms. The topological polar surface area (TPSA) is 177 Å². The molecule has 1 fully saturated rings. The van der Waals surface area contributed by atoms with E-state index in [9.17, 15) is 32.7 Å². The standard InChI is InChI=1S/C30H30ClFN4O7S2/c1-2-42-28-14-25-23(13-26(28)36-29(37)12-22-8-9-44(38,39)45(22,40)41)30(19(15-33)16-34-25)35-21-6-7-27(24(31)11-21)43-17-18-4-3-5-20(32)10-18/h3-7,10-11,13-14,16,22,38-41H,2,8-9,12,17H2,1H3,(H,34,35)(H,36,37). The summed E-state index contributed by atoms with van der Waals surface area (Å²) in [7, 11) is -7.37. The number of fused-ring (bicyclic) bond motifs is 1. The number of rotatable bonds is 10. The first-order valence-corrected chi connectivity index (χ1v) is 17.9. The Balaban J connectivity index is 1.42. The molecular formula is C30H30ClFN4O7S2. The molecule has 0 aliphatic carbocycles. The molecule has 1 aromatic heterocycles. The molecule has 0 saturated carbocycles. The highest BCUT2D eigenvalue weighted by Crippen LogP contribution is 2.80. The number of ether oxygens (including phenoxy) is 2. The average molecular weight is 677 g/mol. The number of hydrogen-bond donors (Lipinski definition) is 6. The smallest absolute Gasteiger partial charge is 0.226 e. The zero-order valence-corrected chi connectivity index (χ0v) is 26.3. The van der Waals surface area contributed by atoms with Crippen LogP contribution >= 0.6 is 30.8 Å². The van der Waals surface area contributed by atoms with Crippen LogP contribution in [0, 0.1) is 17.1 Å². The van der Waals surface area contributed by atoms with Crippen molar-refractivity contribution in [3.63, 3.8) is 0 Å². The molecule has 238 valence electrons. The largest absolute Gasteiger partial charge is 0.492 e. The Labute approximate surface area is 266 Å². The number of carbonyl (C=O) groups excluding carboxylic acids is 1. The molecule has 4 aromatic rings. The number of nitrogens with one attached hydrogen (secondary N) is 2. The Kier molecular flexibility index (Phi) is 9.61. The lowest BCUT2D eigenvalue weighted by Gasteiger charge is -2.47. The van der Waals surface area contributed by atoms with Crippen molar-refractivity contribution in [2.24, 2.45) is 0 Å². The van der Waals surface area contributed by atoms with Crippen molar-refractivity contribution in [3.05, 3.63) is 82.8 Å². The summed E-state index contributed by atoms with van der Waals surface area (Å²) in [4.78, 5) is 17.4. The highest BCUT2D eigenvalue weighted by molar-refractivity contribution is 9.01. The highest BCUT2D eigenvalue weighted by atomic mass is 35.5. The summed E-state index contributed by atoms with van der Waals surface area (Å²) >= 11 is 6.49. The molecule has 3 aromatic carbocycles. The van der Waals surface area contributed by atoms with Crippen LogP contribution in [0.1, 0.15) is 30.9 Å². The van der Waals surface area contributed by atoms with E-state index in [1.807, 2.05) is 0 Å². The van der Waals surface area contributed by atoms with Gasteiger partial charge in [0.15, 0.2) is 0 Å². The molecule has 1 unspecified atom stereocenters. The van der Waals surface area contributed by atoms with Crippen LogP contribution in [-0.2, 0) is 11.4 Å². The molecule has 0 spiro atoms. The predicted molar refractivity (Wildman–Crippen MR) is 175 cm³/mol. The summed E-state index contributed by atoms with van der Waals surface area (Å²) in [5.41, 5.74) is 2.44. The van der Waals surface area contributed by atoms with Crippen molar-refractivity contribution in [1.29, 1.82) is 5.26 Å². The zero-order chi connectivity index (χ0) is 32.4. The van der Waals surface area contributed by atoms with Gasteiger partial charge in [0.1, 0.15) is 30.0 Å². The number of pyridine rings is 1. The molecule has 6 N–H and O–H groups in total. The van der Waals surface area contributed by atoms with Gasteiger partial charge in [-0.3, -0.25) is 28.0 Å². The first-order chi connectivity index (χ1) is 21.4. The molecule has 1 saturated heterocycles. The van der Waals surface area contributed by atoms with Crippen LogP contribution in [0.3, 0.4) is 0 Å². The van der Waals surface area contributed by atoms with E-state index in [1.54, 1.807) is 49.4 Å². The number of aromatic nitrogens is 1. The molecule has 15 heteroatoms. The summed E-state index contributed by atoms with van der Waals surface area (Å²) in [6, 6.07) is 16.3. The van der Waals surface area contributed by atoms with Gasteiger partial charge in [0, 0.05) is 29.8 Å². The molecule has 0 radical (unpaired) electrons. The average Bonchev–Trinajstić information content (AvgIpc) is 3.19. The summed E-state index contributed by atoms with van der Waals surface area (Å²) < 4.78 is 65.7. The van der Waals surface area contributed by atoms with Crippen molar-refractivity contribution in [2.45, 2.75) is 31.6 Å². The maximum atomic E-state index is 13.5. The van der Waals surface area contributed by atoms with Gasteiger partial charge in [0.25, 0.3) is 0 Å². The number of carbonyl (C=O) groups is 1. The number of amides is 1. The minimum atomic E-state index is -3.77. The molecule has 1 aliphatic rings. The van der Waals surface area contributed by atoms with Crippen LogP contribution in [0.15, 0.2) is 60.8 Å². The van der Waals surface area contributed by atoms with E-state index >= 15 is 0 Å². The van der Waals surface area contributed by atoms with Gasteiger partial charge >= 0.3 is 0 Å². The molecule has 2 heterocycles. The Morgan fingerprint density at radius 1 is 1.13 bits per heavy atom. The van der Waals surface area contributed by atoms with Crippen molar-refractivity contribution in [2.75, 3.05) is 23.0 Å². The number of nitrogens with zero attached hydrogens (tertiary/aromatic N) is 2. The van der Waals surface area contributed by atoms with E-state index in [0.29, 0.717) is 39.3 Å². The van der Waals surface area contributed by atoms with Crippen LogP contribution in [0.5, 0.6) is 11.5 Å². The SMILES string of the molecule is CCOc1cc2ncc(C#N)c(Nc3ccc(OCc4cccc(F)c4)c(Cl)c3)c2cc1NC(=O)CC1CCS(O)(O)S1(O)O. The molecule has 1 atom stereocenters. The highest BCUT2D eigenvalue weighted by Gasteiger charge is 2.45. The van der Waals surface area contributed by atoms with E-state index in [0.717, 1.165) is 0 Å². The first kappa shape index (κ1) is 32.6. The Morgan fingerprint density at radius 3 is 2.60 bits per heavy atom. The summed E-state index contributed by atoms with van der Waals surface area (Å²) in [5, 5.41) is 15.5. The van der Waals surface area contributed by atoms with Gasteiger partial charge in [-0.25, -0.2) is 4.39 Å². The second kappa shape index (κ2) is 13.3. The fraction of sp³-hybridized carbons (Fsp3) is 0.233. The number of halogens is 2. The summed E-state index contributed by atoms with van der Waals surface area (Å²) in [6.07, 6.45) is 1.13. The third-order valence-electron chi connectivity index (χ3n) is 7.09. The van der Waals surface area contributed by atoms with Gasteiger partial charge in [-0.1, -0.05) is 23.7 Å². The molecule has 1 amide bonds. The third kappa shape index (κ3) is 7.05. The zero-order valence-electron chi connectivity index (χ0n) is 23.9. The normalized spacial score (nSPS) is 18.0. The van der Waals surface area contributed by atoms with E-state index in [2.05, 4.69) is 21.7 Å². The van der Waals surface area contributed by atoms with Crippen molar-refractivity contribution < 1.29 is 36.9 Å². The van der Waals surface area contributed by atoms with E-state index in [4.69, 9.17) is 21.1 Å². The van der Waals surface area contributed by atoms with Crippen LogP contribution in [0.25, 0.3) is 10.9 Å². The van der Waals surface area contributed by atoms with Crippen LogP contribution < -0.4 is 20.1 Å². The van der Waals surface area contributed by atoms with Crippen molar-refractivity contribution >= 4 is 64.7 Å². The van der Waals surface area contributed by atoms with Crippen molar-refractivity contribution in [3.8, 4) is 17.6 Å². The Morgan fingerprint density at radius 2 is 1.93 bits per heavy atom. The first-order valence-electron chi connectivity index (χ1n) is 13.7. The molecule has 11 nitrogen and oxygen atoms in total. The maximum absolute atomic E-state index is 13.5. The number of benzene rings is 3. The van der Waals surface area contributed by atoms with Gasteiger partial charge < -0.3 is 20.1 Å². The summed E-state index contributed by atoms with van der Waals surface area (Å²) in [5.74, 6) is -0.472. The number of hydrogen-bond acceptors (Lipinski definition) is 10. The molecule has 1 aliphatic heterocycles. The van der Waals surface area contributed by atoms with Gasteiger partial charge in [-0.15, -0.1) is 19.2 Å². The molecular weight excluding hydrogens is 647 g/mol. The molecule has 0 bridgehead atoms. The van der Waals surface area contributed by atoms with Crippen LogP contribution in [0.2, 0.25) is 5.02 Å². The Hall–Kier alpha value is -3.81. The minimum Gasteiger partial charge on any atom is -0.492 e. The van der Waals surface area contributed by atoms with Crippen molar-refractivity contribution in [1.82, 2.24) is 4.98 Å². The lowest BCUT2D eigenvalue weighted by molar-refractivity contribution is -0.116. The van der Waals surface area contributed by atoms with E-state index < -0.39 is 30.4 Å². The van der Waals surface area contributed by atoms with E-state index in [-0.39, 0.29) is 53.9 Å². The minimum absolute atomic E-state index is 0.0782. The van der Waals surface area contributed by atoms with Gasteiger partial charge in [0.05, 0.1) is 45.1 Å². The third-order valence-corrected chi connectivity index (χ3v) is 13.9. The monoisotopic (exact) mass is 676 g/mol. The molecule has 5 rings (SSSR count). The number of nitriles is 1. The fourth-order valence-corrected chi connectivity index (χ4v) is 10.1. The second-order valence-electron chi connectivity index (χ2n) is 10.2. The maximum Gasteiger partial charge on any atom is 0.226 e. The van der Waals surface area contributed by atoms with Gasteiger partial charge in [-0.2, -0.15) is 5.26 Å². The van der Waals surface area contributed by atoms with Crippen LogP contribution in [0.4, 0.5) is 21.5 Å². The predicted octanol–water partition coefficient (Wildman–Crippen LogP) is 8.14. The summed E-state index contributed by atoms with van der Waals surface area (Å²) in [6.45, 7) is 2.14. The lowest BCUT2D eigenvalue weighted by atomic mass is 10.1. The van der Waals surface area contributed by atoms with Gasteiger partial charge in [-0.05, 0) is 55.3 Å². The lowest BCUT2D eigenvalue weighted by Crippen LogP contribution is -2.22.